The normalized spacial score (nSPS) is 22.4. The maximum absolute atomic E-state index is 2.56. The van der Waals surface area contributed by atoms with Gasteiger partial charge in [0.1, 0.15) is 0 Å². The molecule has 1 aliphatic rings. The molecule has 1 aliphatic carbocycles. The van der Waals surface area contributed by atoms with Crippen molar-refractivity contribution in [3.05, 3.63) is 0 Å². The number of hydrogen-bond acceptors (Lipinski definition) is 0. The van der Waals surface area contributed by atoms with E-state index in [1.54, 1.807) is 0 Å². The molecule has 0 amide bonds. The first-order valence-corrected chi connectivity index (χ1v) is 7.16. The lowest BCUT2D eigenvalue weighted by molar-refractivity contribution is 0.174. The van der Waals surface area contributed by atoms with Crippen LogP contribution in [0.3, 0.4) is 0 Å². The van der Waals surface area contributed by atoms with E-state index in [1.807, 2.05) is 0 Å². The van der Waals surface area contributed by atoms with Crippen LogP contribution in [0.15, 0.2) is 0 Å². The highest BCUT2D eigenvalue weighted by atomic mass is 14.5. The van der Waals surface area contributed by atoms with Gasteiger partial charge >= 0.3 is 0 Å². The Balaban J connectivity index is 2.48. The molecule has 0 aromatic rings. The van der Waals surface area contributed by atoms with E-state index >= 15 is 0 Å². The van der Waals surface area contributed by atoms with Crippen LogP contribution in [0, 0.1) is 17.3 Å². The lowest BCUT2D eigenvalue weighted by atomic mass is 9.72. The van der Waals surface area contributed by atoms with Gasteiger partial charge in [-0.15, -0.1) is 0 Å². The van der Waals surface area contributed by atoms with E-state index in [0.717, 1.165) is 11.8 Å². The van der Waals surface area contributed by atoms with Crippen LogP contribution >= 0.6 is 0 Å². The third kappa shape index (κ3) is 3.81. The van der Waals surface area contributed by atoms with Crippen molar-refractivity contribution in [3.63, 3.8) is 0 Å². The fraction of sp³-hybridized carbons (Fsp3) is 1.00. The molecule has 0 aliphatic heterocycles. The zero-order chi connectivity index (χ0) is 11.3. The second kappa shape index (κ2) is 5.92. The third-order valence-corrected chi connectivity index (χ3v) is 4.41. The highest BCUT2D eigenvalue weighted by Gasteiger charge is 2.41. The van der Waals surface area contributed by atoms with Gasteiger partial charge in [-0.25, -0.2) is 0 Å². The van der Waals surface area contributed by atoms with E-state index in [-0.39, 0.29) is 0 Å². The molecule has 0 heteroatoms. The van der Waals surface area contributed by atoms with Crippen molar-refractivity contribution in [2.24, 2.45) is 17.3 Å². The lowest BCUT2D eigenvalue weighted by Crippen LogP contribution is -2.23. The molecule has 0 radical (unpaired) electrons. The molecule has 2 atom stereocenters. The van der Waals surface area contributed by atoms with Crippen molar-refractivity contribution in [3.8, 4) is 0 Å². The van der Waals surface area contributed by atoms with E-state index in [2.05, 4.69) is 27.7 Å². The maximum Gasteiger partial charge on any atom is -0.0295 e. The second-order valence-corrected chi connectivity index (χ2v) is 5.95. The molecule has 0 nitrogen and oxygen atoms in total. The smallest absolute Gasteiger partial charge is 0.0295 e. The minimum Gasteiger partial charge on any atom is -0.0654 e. The topological polar surface area (TPSA) is 0 Å². The zero-order valence-electron chi connectivity index (χ0n) is 11.3. The first-order chi connectivity index (χ1) is 7.16. The Hall–Kier alpha value is 0. The Morgan fingerprint density at radius 2 is 1.80 bits per heavy atom. The standard InChI is InChI=1S/C15H30/c1-5-8-13(7-3)12-15(4,11-6-2)14-9-10-14/h13-14H,5-12H2,1-4H3. The average Bonchev–Trinajstić information content (AvgIpc) is 3.01. The van der Waals surface area contributed by atoms with Gasteiger partial charge in [0.05, 0.1) is 0 Å². The van der Waals surface area contributed by atoms with Gasteiger partial charge < -0.3 is 0 Å². The van der Waals surface area contributed by atoms with Crippen LogP contribution in [-0.2, 0) is 0 Å². The monoisotopic (exact) mass is 210 g/mol. The van der Waals surface area contributed by atoms with E-state index in [1.165, 1.54) is 51.4 Å². The van der Waals surface area contributed by atoms with Crippen molar-refractivity contribution in [1.82, 2.24) is 0 Å². The second-order valence-electron chi connectivity index (χ2n) is 5.95. The molecule has 0 N–H and O–H groups in total. The summed E-state index contributed by atoms with van der Waals surface area (Å²) in [5.74, 6) is 2.07. The summed E-state index contributed by atoms with van der Waals surface area (Å²) in [6.07, 6.45) is 11.6. The van der Waals surface area contributed by atoms with Gasteiger partial charge in [-0.05, 0) is 42.9 Å². The fourth-order valence-corrected chi connectivity index (χ4v) is 3.34. The molecular weight excluding hydrogens is 180 g/mol. The number of rotatable bonds is 8. The van der Waals surface area contributed by atoms with Crippen molar-refractivity contribution >= 4 is 0 Å². The fourth-order valence-electron chi connectivity index (χ4n) is 3.34. The van der Waals surface area contributed by atoms with Crippen molar-refractivity contribution in [1.29, 1.82) is 0 Å². The van der Waals surface area contributed by atoms with Gasteiger partial charge in [0, 0.05) is 0 Å². The zero-order valence-corrected chi connectivity index (χ0v) is 11.3. The summed E-state index contributed by atoms with van der Waals surface area (Å²) < 4.78 is 0. The van der Waals surface area contributed by atoms with Crippen molar-refractivity contribution in [2.75, 3.05) is 0 Å². The molecule has 1 saturated carbocycles. The lowest BCUT2D eigenvalue weighted by Gasteiger charge is -2.33. The van der Waals surface area contributed by atoms with Crippen molar-refractivity contribution in [2.45, 2.75) is 79.1 Å². The molecule has 2 unspecified atom stereocenters. The molecule has 15 heavy (non-hydrogen) atoms. The molecule has 90 valence electrons. The van der Waals surface area contributed by atoms with Crippen molar-refractivity contribution < 1.29 is 0 Å². The summed E-state index contributed by atoms with van der Waals surface area (Å²) >= 11 is 0. The highest BCUT2D eigenvalue weighted by molar-refractivity contribution is 4.91. The average molecular weight is 210 g/mol. The minimum absolute atomic E-state index is 0.685. The number of hydrogen-bond donors (Lipinski definition) is 0. The Morgan fingerprint density at radius 1 is 1.13 bits per heavy atom. The van der Waals surface area contributed by atoms with Crippen LogP contribution in [0.4, 0.5) is 0 Å². The Kier molecular flexibility index (Phi) is 5.15. The summed E-state index contributed by atoms with van der Waals surface area (Å²) in [6, 6.07) is 0. The SMILES string of the molecule is CCCC(CC)CC(C)(CCC)C1CC1. The van der Waals surface area contributed by atoms with E-state index in [0.29, 0.717) is 5.41 Å². The molecule has 0 spiro atoms. The molecular formula is C15H30. The van der Waals surface area contributed by atoms with Gasteiger partial charge in [0.25, 0.3) is 0 Å². The maximum atomic E-state index is 2.56. The van der Waals surface area contributed by atoms with Gasteiger partial charge in [-0.1, -0.05) is 53.4 Å². The summed E-state index contributed by atoms with van der Waals surface area (Å²) in [7, 11) is 0. The molecule has 0 aromatic carbocycles. The van der Waals surface area contributed by atoms with Gasteiger partial charge in [0.2, 0.25) is 0 Å². The van der Waals surface area contributed by atoms with Gasteiger partial charge in [-0.3, -0.25) is 0 Å². The van der Waals surface area contributed by atoms with Crippen LogP contribution in [0.25, 0.3) is 0 Å². The van der Waals surface area contributed by atoms with E-state index < -0.39 is 0 Å². The summed E-state index contributed by atoms with van der Waals surface area (Å²) in [5, 5.41) is 0. The Bertz CT molecular complexity index is 169. The van der Waals surface area contributed by atoms with Crippen LogP contribution < -0.4 is 0 Å². The predicted molar refractivity (Wildman–Crippen MR) is 69.0 cm³/mol. The van der Waals surface area contributed by atoms with Crippen LogP contribution in [-0.4, -0.2) is 0 Å². The molecule has 0 heterocycles. The molecule has 1 fully saturated rings. The Morgan fingerprint density at radius 3 is 2.20 bits per heavy atom. The first kappa shape index (κ1) is 13.1. The minimum atomic E-state index is 0.685. The Labute approximate surface area is 96.8 Å². The molecule has 0 aromatic heterocycles. The summed E-state index contributed by atoms with van der Waals surface area (Å²) in [6.45, 7) is 9.62. The van der Waals surface area contributed by atoms with E-state index in [9.17, 15) is 0 Å². The molecule has 0 bridgehead atoms. The van der Waals surface area contributed by atoms with Crippen LogP contribution in [0.5, 0.6) is 0 Å². The summed E-state index contributed by atoms with van der Waals surface area (Å²) in [4.78, 5) is 0. The first-order valence-electron chi connectivity index (χ1n) is 7.16. The van der Waals surface area contributed by atoms with Crippen LogP contribution in [0.1, 0.15) is 79.1 Å². The van der Waals surface area contributed by atoms with Crippen LogP contribution in [0.2, 0.25) is 0 Å². The predicted octanol–water partition coefficient (Wildman–Crippen LogP) is 5.42. The quantitative estimate of drug-likeness (QED) is 0.502. The van der Waals surface area contributed by atoms with Gasteiger partial charge in [0.15, 0.2) is 0 Å². The molecule has 1 rings (SSSR count). The highest BCUT2D eigenvalue weighted by Crippen LogP contribution is 2.52. The van der Waals surface area contributed by atoms with E-state index in [4.69, 9.17) is 0 Å². The molecule has 0 saturated heterocycles. The summed E-state index contributed by atoms with van der Waals surface area (Å²) in [5.41, 5.74) is 0.685. The third-order valence-electron chi connectivity index (χ3n) is 4.41. The largest absolute Gasteiger partial charge is 0.0654 e. The van der Waals surface area contributed by atoms with Gasteiger partial charge in [-0.2, -0.15) is 0 Å².